The van der Waals surface area contributed by atoms with Crippen molar-refractivity contribution in [2.24, 2.45) is 0 Å². The highest BCUT2D eigenvalue weighted by atomic mass is 32.2. The van der Waals surface area contributed by atoms with Gasteiger partial charge in [-0.2, -0.15) is 35.3 Å². The van der Waals surface area contributed by atoms with Crippen LogP contribution in [0.1, 0.15) is 13.8 Å². The highest BCUT2D eigenvalue weighted by molar-refractivity contribution is 8.05. The van der Waals surface area contributed by atoms with Crippen molar-refractivity contribution in [3.05, 3.63) is 0 Å². The van der Waals surface area contributed by atoms with Crippen LogP contribution in [-0.4, -0.2) is 510 Å². The Balaban J connectivity index is 3.18. The van der Waals surface area contributed by atoms with E-state index in [2.05, 4.69) is 13.8 Å². The van der Waals surface area contributed by atoms with Crippen LogP contribution in [0, 0.1) is 0 Å². The highest BCUT2D eigenvalue weighted by Gasteiger charge is 2.10. The van der Waals surface area contributed by atoms with Crippen molar-refractivity contribution in [1.82, 2.24) is 0 Å². The van der Waals surface area contributed by atoms with E-state index in [4.69, 9.17) is 171 Å². The van der Waals surface area contributed by atoms with Crippen molar-refractivity contribution >= 4 is 35.3 Å². The lowest BCUT2D eigenvalue weighted by atomic mass is 10.5. The molecule has 0 aliphatic rings. The zero-order chi connectivity index (χ0) is 85.1. The van der Waals surface area contributed by atoms with E-state index in [9.17, 15) is 0 Å². The minimum Gasteiger partial charge on any atom is -0.382 e. The summed E-state index contributed by atoms with van der Waals surface area (Å²) in [5.41, 5.74) is 0. The maximum absolute atomic E-state index is 5.77. The van der Waals surface area contributed by atoms with Crippen molar-refractivity contribution in [3.63, 3.8) is 0 Å². The van der Waals surface area contributed by atoms with Crippen LogP contribution in [0.4, 0.5) is 0 Å². The average molecular weight is 1800 g/mol. The van der Waals surface area contributed by atoms with Crippen LogP contribution in [0.15, 0.2) is 0 Å². The summed E-state index contributed by atoms with van der Waals surface area (Å²) in [6.07, 6.45) is 0. The van der Waals surface area contributed by atoms with Crippen LogP contribution < -0.4 is 0 Å². The maximum atomic E-state index is 5.77. The molecule has 0 aliphatic carbocycles. The maximum Gasteiger partial charge on any atom is 0.0701 e. The van der Waals surface area contributed by atoms with Crippen molar-refractivity contribution in [1.29, 1.82) is 0 Å². The van der Waals surface area contributed by atoms with Gasteiger partial charge < -0.3 is 171 Å². The van der Waals surface area contributed by atoms with Gasteiger partial charge in [0.05, 0.1) is 462 Å². The van der Waals surface area contributed by atoms with E-state index in [1.54, 1.807) is 14.2 Å². The van der Waals surface area contributed by atoms with Gasteiger partial charge in [0.15, 0.2) is 0 Å². The quantitative estimate of drug-likeness (QED) is 0.0781. The largest absolute Gasteiger partial charge is 0.382 e. The molecule has 0 aromatic carbocycles. The molecule has 2 atom stereocenters. The molecule has 36 nitrogen and oxygen atoms in total. The van der Waals surface area contributed by atoms with E-state index < -0.39 is 0 Å². The molecule has 0 aromatic heterocycles. The van der Waals surface area contributed by atoms with Gasteiger partial charge in [-0.25, -0.2) is 0 Å². The smallest absolute Gasteiger partial charge is 0.0701 e. The molecule has 0 saturated heterocycles. The molecule has 0 spiro atoms. The summed E-state index contributed by atoms with van der Waals surface area (Å²) in [6.45, 7) is 40.6. The van der Waals surface area contributed by atoms with Gasteiger partial charge in [0.25, 0.3) is 0 Å². The van der Waals surface area contributed by atoms with E-state index in [1.807, 2.05) is 35.3 Å². The fraction of sp³-hybridized carbons (Fsp3) is 1.00. The Morgan fingerprint density at radius 2 is 0.235 bits per heavy atom. The Morgan fingerprint density at radius 1 is 0.126 bits per heavy atom. The Kier molecular flexibility index (Phi) is 113. The van der Waals surface area contributed by atoms with Gasteiger partial charge in [-0.05, 0) is 0 Å². The lowest BCUT2D eigenvalue weighted by Gasteiger charge is -2.15. The molecule has 0 rings (SSSR count). The van der Waals surface area contributed by atoms with Crippen LogP contribution in [0.2, 0.25) is 0 Å². The molecule has 0 fully saturated rings. The van der Waals surface area contributed by atoms with Gasteiger partial charge in [-0.1, -0.05) is 13.8 Å². The van der Waals surface area contributed by atoms with Crippen molar-refractivity contribution < 1.29 is 171 Å². The number of methoxy groups -OCH3 is 2. The third-order valence-corrected chi connectivity index (χ3v) is 18.9. The molecular formula is C80H162O36S3. The molecule has 0 amide bonds. The zero-order valence-corrected chi connectivity index (χ0v) is 75.9. The van der Waals surface area contributed by atoms with Gasteiger partial charge in [0.2, 0.25) is 0 Å². The first-order valence-corrected chi connectivity index (χ1v) is 45.9. The summed E-state index contributed by atoms with van der Waals surface area (Å²) in [7, 11) is 3.29. The van der Waals surface area contributed by atoms with E-state index in [1.165, 1.54) is 0 Å². The molecule has 2 unspecified atom stereocenters. The van der Waals surface area contributed by atoms with E-state index in [0.29, 0.717) is 466 Å². The predicted molar refractivity (Wildman–Crippen MR) is 453 cm³/mol. The predicted octanol–water partition coefficient (Wildman–Crippen LogP) is 3.82. The van der Waals surface area contributed by atoms with Gasteiger partial charge in [-0.15, -0.1) is 0 Å². The van der Waals surface area contributed by atoms with E-state index in [0.717, 1.165) is 29.6 Å². The summed E-state index contributed by atoms with van der Waals surface area (Å²) < 4.78 is 198. The minimum atomic E-state index is 0.487. The SMILES string of the molecule is COCCOCCOCCOCCOCCOCCOCCOCCOCCOCCOCCOCCOCCOCCOCCOCCOCCOCCSCC(C)SCC(C)SCCOCCOCCOCCOCCOCCOCCOCCOCCOCCOCCOCCOCCOCCOCCOCCOCCOCCOC. The standard InChI is InChI=1S/C80H162O36S3/c1-79(77-117-75-73-115-71-69-113-67-65-111-63-61-109-59-57-107-55-53-105-51-49-103-47-45-101-43-41-99-39-37-97-35-33-95-31-29-93-27-25-91-23-21-89-19-17-87-15-13-85-11-9-83-7-5-81-3)119-78-80(2)118-76-74-116-72-70-114-68-66-112-64-62-110-60-58-108-56-54-106-52-50-104-48-46-102-44-42-100-40-38-98-36-34-96-32-30-94-28-26-92-24-22-90-20-18-88-16-14-86-12-10-84-8-6-82-4/h79-80H,5-78H2,1-4H3. The van der Waals surface area contributed by atoms with Crippen molar-refractivity contribution in [2.75, 3.05) is 500 Å². The second kappa shape index (κ2) is 114. The van der Waals surface area contributed by atoms with Crippen LogP contribution in [0.25, 0.3) is 0 Å². The number of thioether (sulfide) groups is 3. The normalized spacial score (nSPS) is 12.4. The Labute approximate surface area is 726 Å². The summed E-state index contributed by atoms with van der Waals surface area (Å²) in [5, 5.41) is 1.15. The number of ether oxygens (including phenoxy) is 36. The summed E-state index contributed by atoms with van der Waals surface area (Å²) in [6, 6.07) is 0. The van der Waals surface area contributed by atoms with Gasteiger partial charge in [0.1, 0.15) is 0 Å². The molecular weight excluding hydrogens is 1630 g/mol. The molecule has 39 heteroatoms. The van der Waals surface area contributed by atoms with Crippen molar-refractivity contribution in [2.45, 2.75) is 24.3 Å². The Bertz CT molecular complexity index is 1740. The van der Waals surface area contributed by atoms with Crippen LogP contribution in [0.3, 0.4) is 0 Å². The topological polar surface area (TPSA) is 332 Å². The number of hydrogen-bond acceptors (Lipinski definition) is 39. The van der Waals surface area contributed by atoms with Crippen LogP contribution in [0.5, 0.6) is 0 Å². The highest BCUT2D eigenvalue weighted by Crippen LogP contribution is 2.22. The van der Waals surface area contributed by atoms with Crippen LogP contribution >= 0.6 is 35.3 Å². The molecule has 0 bridgehead atoms. The second-order valence-corrected chi connectivity index (χ2v) is 28.9. The van der Waals surface area contributed by atoms with Gasteiger partial charge >= 0.3 is 0 Å². The fourth-order valence-electron chi connectivity index (χ4n) is 8.60. The van der Waals surface area contributed by atoms with E-state index in [-0.39, 0.29) is 0 Å². The number of hydrogen-bond donors (Lipinski definition) is 0. The summed E-state index contributed by atoms with van der Waals surface area (Å²) in [5.74, 6) is 4.16. The average Bonchev–Trinajstić information content (AvgIpc) is 1.02. The number of rotatable bonds is 114. The zero-order valence-electron chi connectivity index (χ0n) is 73.4. The Hall–Kier alpha value is -0.390. The molecule has 0 heterocycles. The molecule has 0 saturated carbocycles. The first-order valence-electron chi connectivity index (χ1n) is 42.6. The molecule has 0 radical (unpaired) electrons. The third-order valence-electron chi connectivity index (χ3n) is 14.7. The van der Waals surface area contributed by atoms with Gasteiger partial charge in [0, 0.05) is 47.7 Å². The first-order chi connectivity index (χ1) is 59.2. The molecule has 0 aromatic rings. The lowest BCUT2D eigenvalue weighted by Crippen LogP contribution is -2.16. The van der Waals surface area contributed by atoms with Gasteiger partial charge in [-0.3, -0.25) is 0 Å². The fourth-order valence-corrected chi connectivity index (χ4v) is 11.8. The Morgan fingerprint density at radius 3 is 0.370 bits per heavy atom. The molecule has 716 valence electrons. The summed E-state index contributed by atoms with van der Waals surface area (Å²) in [4.78, 5) is 0. The third kappa shape index (κ3) is 114. The minimum absolute atomic E-state index is 0.487. The van der Waals surface area contributed by atoms with Crippen LogP contribution in [-0.2, 0) is 171 Å². The first kappa shape index (κ1) is 119. The molecule has 119 heavy (non-hydrogen) atoms. The second-order valence-electron chi connectivity index (χ2n) is 24.7. The lowest BCUT2D eigenvalue weighted by molar-refractivity contribution is -0.0308. The van der Waals surface area contributed by atoms with E-state index >= 15 is 0 Å². The molecule has 0 aliphatic heterocycles. The monoisotopic (exact) mass is 1800 g/mol. The summed E-state index contributed by atoms with van der Waals surface area (Å²) >= 11 is 5.91. The van der Waals surface area contributed by atoms with Crippen molar-refractivity contribution in [3.8, 4) is 0 Å². The molecule has 0 N–H and O–H groups in total.